The fourth-order valence-electron chi connectivity index (χ4n) is 4.06. The largest absolute Gasteiger partial charge is 0.477 e. The number of morpholine rings is 1. The second kappa shape index (κ2) is 10.9. The van der Waals surface area contributed by atoms with Crippen molar-refractivity contribution in [2.45, 2.75) is 6.54 Å². The summed E-state index contributed by atoms with van der Waals surface area (Å²) in [4.78, 5) is 35.6. The van der Waals surface area contributed by atoms with Crippen LogP contribution in [-0.4, -0.2) is 83.0 Å². The van der Waals surface area contributed by atoms with Gasteiger partial charge in [-0.3, -0.25) is 19.5 Å². The van der Waals surface area contributed by atoms with Crippen LogP contribution in [0.4, 0.5) is 11.4 Å². The lowest BCUT2D eigenvalue weighted by Crippen LogP contribution is -2.35. The molecular weight excluding hydrogens is 570 g/mol. The predicted octanol–water partition coefficient (Wildman–Crippen LogP) is 2.89. The number of H-pyrrole nitrogens is 1. The van der Waals surface area contributed by atoms with E-state index in [0.29, 0.717) is 65.6 Å². The fourth-order valence-corrected chi connectivity index (χ4v) is 5.77. The summed E-state index contributed by atoms with van der Waals surface area (Å²) >= 11 is 7.03. The molecule has 4 heterocycles. The molecule has 16 heteroatoms. The summed E-state index contributed by atoms with van der Waals surface area (Å²) in [6.07, 6.45) is 3.98. The summed E-state index contributed by atoms with van der Waals surface area (Å²) in [6, 6.07) is 4.91. The zero-order chi connectivity index (χ0) is 27.7. The number of carbonyl (C=O) groups excluding carboxylic acids is 1. The average Bonchev–Trinajstić information content (AvgIpc) is 3.53. The van der Waals surface area contributed by atoms with Gasteiger partial charge in [-0.05, 0) is 23.8 Å². The Morgan fingerprint density at radius 1 is 1.18 bits per heavy atom. The summed E-state index contributed by atoms with van der Waals surface area (Å²) in [5.74, 6) is -1.93. The van der Waals surface area contributed by atoms with Crippen LogP contribution in [0.25, 0.3) is 22.0 Å². The maximum absolute atomic E-state index is 13.3. The van der Waals surface area contributed by atoms with E-state index in [1.807, 2.05) is 0 Å². The average molecular weight is 592 g/mol. The molecule has 0 radical (unpaired) electrons. The number of carboxylic acid groups (broad SMARTS) is 1. The van der Waals surface area contributed by atoms with Gasteiger partial charge in [0.2, 0.25) is 10.0 Å². The molecule has 1 saturated heterocycles. The third-order valence-electron chi connectivity index (χ3n) is 5.82. The number of anilines is 2. The number of nitrogens with zero attached hydrogens (tertiary/aromatic N) is 4. The number of pyridine rings is 1. The van der Waals surface area contributed by atoms with E-state index in [0.717, 1.165) is 17.6 Å². The molecule has 204 valence electrons. The van der Waals surface area contributed by atoms with Gasteiger partial charge in [-0.25, -0.2) is 23.2 Å². The Bertz CT molecular complexity index is 1680. The molecule has 0 saturated carbocycles. The van der Waals surface area contributed by atoms with Crippen LogP contribution in [0.15, 0.2) is 30.6 Å². The van der Waals surface area contributed by atoms with Crippen molar-refractivity contribution in [1.82, 2.24) is 25.1 Å². The molecule has 4 aromatic rings. The van der Waals surface area contributed by atoms with E-state index in [2.05, 4.69) is 35.1 Å². The van der Waals surface area contributed by atoms with Crippen LogP contribution >= 0.6 is 22.9 Å². The summed E-state index contributed by atoms with van der Waals surface area (Å²) in [5.41, 5.74) is 1.88. The Labute approximate surface area is 231 Å². The molecule has 13 nitrogen and oxygen atoms in total. The van der Waals surface area contributed by atoms with Crippen LogP contribution in [0.5, 0.6) is 0 Å². The standard InChI is InChI=1S/C23H22ClN7O6S2/c1-39(35,36)30-17-8-13(9-25-21(17)24)12-6-15(14-10-26-29-16(14)7-12)27-22(32)19-20(23(33)34)38-18(28-19)11-31-2-4-37-5-3-31/h6-10,30H,2-5,11H2,1H3,(H,26,29)(H,27,32)(H,33,34). The molecule has 4 N–H and O–H groups in total. The molecule has 1 aliphatic rings. The first-order valence-corrected chi connectivity index (χ1v) is 14.6. The van der Waals surface area contributed by atoms with Gasteiger partial charge in [0.25, 0.3) is 5.91 Å². The van der Waals surface area contributed by atoms with Crippen molar-refractivity contribution >= 4 is 67.1 Å². The Morgan fingerprint density at radius 3 is 2.64 bits per heavy atom. The van der Waals surface area contributed by atoms with Crippen molar-refractivity contribution in [3.63, 3.8) is 0 Å². The quantitative estimate of drug-likeness (QED) is 0.222. The molecule has 0 aliphatic carbocycles. The SMILES string of the molecule is CS(=O)(=O)Nc1cc(-c2cc(NC(=O)c3nc(CN4CCOCC4)sc3C(=O)O)c3cn[nH]c3c2)cnc1Cl. The number of aromatic carboxylic acids is 1. The van der Waals surface area contributed by atoms with Gasteiger partial charge in [0, 0.05) is 30.2 Å². The second-order valence-electron chi connectivity index (χ2n) is 8.72. The van der Waals surface area contributed by atoms with Gasteiger partial charge in [0.05, 0.1) is 49.1 Å². The van der Waals surface area contributed by atoms with Crippen molar-refractivity contribution in [3.8, 4) is 11.1 Å². The van der Waals surface area contributed by atoms with Crippen LogP contribution in [0, 0.1) is 0 Å². The van der Waals surface area contributed by atoms with Gasteiger partial charge in [-0.2, -0.15) is 5.10 Å². The van der Waals surface area contributed by atoms with Crippen LogP contribution in [-0.2, 0) is 21.3 Å². The first kappa shape index (κ1) is 27.0. The summed E-state index contributed by atoms with van der Waals surface area (Å²) in [7, 11) is -3.61. The number of carbonyl (C=O) groups is 2. The molecule has 1 fully saturated rings. The van der Waals surface area contributed by atoms with E-state index >= 15 is 0 Å². The highest BCUT2D eigenvalue weighted by atomic mass is 35.5. The first-order chi connectivity index (χ1) is 18.6. The van der Waals surface area contributed by atoms with Crippen LogP contribution in [0.2, 0.25) is 5.15 Å². The van der Waals surface area contributed by atoms with E-state index in [-0.39, 0.29) is 21.4 Å². The van der Waals surface area contributed by atoms with Gasteiger partial charge in [-0.1, -0.05) is 11.6 Å². The smallest absolute Gasteiger partial charge is 0.348 e. The van der Waals surface area contributed by atoms with E-state index in [1.165, 1.54) is 18.5 Å². The Morgan fingerprint density at radius 2 is 1.92 bits per heavy atom. The van der Waals surface area contributed by atoms with E-state index in [9.17, 15) is 23.1 Å². The van der Waals surface area contributed by atoms with Gasteiger partial charge >= 0.3 is 5.97 Å². The molecule has 1 aromatic carbocycles. The molecule has 0 spiro atoms. The normalized spacial score (nSPS) is 14.4. The second-order valence-corrected chi connectivity index (χ2v) is 11.9. The number of aromatic amines is 1. The molecule has 1 amide bonds. The minimum atomic E-state index is -3.61. The number of halogens is 1. The lowest BCUT2D eigenvalue weighted by Gasteiger charge is -2.25. The van der Waals surface area contributed by atoms with Gasteiger partial charge in [-0.15, -0.1) is 11.3 Å². The monoisotopic (exact) mass is 591 g/mol. The zero-order valence-corrected chi connectivity index (χ0v) is 22.8. The van der Waals surface area contributed by atoms with E-state index < -0.39 is 21.9 Å². The molecule has 1 aliphatic heterocycles. The number of nitrogens with one attached hydrogen (secondary N) is 3. The first-order valence-electron chi connectivity index (χ1n) is 11.5. The molecule has 0 bridgehead atoms. The highest BCUT2D eigenvalue weighted by Crippen LogP contribution is 2.33. The van der Waals surface area contributed by atoms with Crippen molar-refractivity contribution in [1.29, 1.82) is 0 Å². The van der Waals surface area contributed by atoms with Crippen molar-refractivity contribution in [3.05, 3.63) is 51.3 Å². The fraction of sp³-hybridized carbons (Fsp3) is 0.261. The highest BCUT2D eigenvalue weighted by molar-refractivity contribution is 7.92. The maximum Gasteiger partial charge on any atom is 0.348 e. The summed E-state index contributed by atoms with van der Waals surface area (Å²) < 4.78 is 31.1. The van der Waals surface area contributed by atoms with Crippen LogP contribution < -0.4 is 10.0 Å². The lowest BCUT2D eigenvalue weighted by molar-refractivity contribution is 0.0341. The molecule has 0 atom stereocenters. The lowest BCUT2D eigenvalue weighted by atomic mass is 10.0. The number of rotatable bonds is 8. The van der Waals surface area contributed by atoms with Gasteiger partial charge in [0.15, 0.2) is 10.8 Å². The third-order valence-corrected chi connectivity index (χ3v) is 7.74. The Balaban J connectivity index is 1.47. The van der Waals surface area contributed by atoms with Crippen molar-refractivity contribution < 1.29 is 27.9 Å². The number of hydrogen-bond donors (Lipinski definition) is 4. The van der Waals surface area contributed by atoms with Crippen LogP contribution in [0.1, 0.15) is 25.2 Å². The number of thiazole rings is 1. The molecule has 3 aromatic heterocycles. The third kappa shape index (κ3) is 6.17. The predicted molar refractivity (Wildman–Crippen MR) is 146 cm³/mol. The number of amides is 1. The highest BCUT2D eigenvalue weighted by Gasteiger charge is 2.25. The number of sulfonamides is 1. The number of hydrogen-bond acceptors (Lipinski definition) is 10. The number of carboxylic acids is 1. The molecular formula is C23H22ClN7O6S2. The maximum atomic E-state index is 13.3. The van der Waals surface area contributed by atoms with E-state index in [4.69, 9.17) is 16.3 Å². The van der Waals surface area contributed by atoms with Crippen molar-refractivity contribution in [2.75, 3.05) is 42.6 Å². The van der Waals surface area contributed by atoms with Gasteiger partial charge in [0.1, 0.15) is 9.88 Å². The summed E-state index contributed by atoms with van der Waals surface area (Å²) in [6.45, 7) is 2.95. The number of benzene rings is 1. The van der Waals surface area contributed by atoms with Crippen LogP contribution in [0.3, 0.4) is 0 Å². The summed E-state index contributed by atoms with van der Waals surface area (Å²) in [5, 5.41) is 20.4. The molecule has 5 rings (SSSR count). The van der Waals surface area contributed by atoms with Crippen molar-refractivity contribution in [2.24, 2.45) is 0 Å². The zero-order valence-electron chi connectivity index (χ0n) is 20.4. The number of aromatic nitrogens is 4. The minimum Gasteiger partial charge on any atom is -0.477 e. The van der Waals surface area contributed by atoms with Gasteiger partial charge < -0.3 is 15.2 Å². The number of fused-ring (bicyclic) bond motifs is 1. The molecule has 0 unspecified atom stereocenters. The Hall–Kier alpha value is -3.63. The molecule has 39 heavy (non-hydrogen) atoms. The minimum absolute atomic E-state index is 0.0297. The topological polar surface area (TPSA) is 180 Å². The van der Waals surface area contributed by atoms with E-state index in [1.54, 1.807) is 12.1 Å². The Kier molecular flexibility index (Phi) is 7.51. The number of ether oxygens (including phenoxy) is 1.